The van der Waals surface area contributed by atoms with E-state index in [2.05, 4.69) is 15.9 Å². The van der Waals surface area contributed by atoms with Crippen molar-refractivity contribution in [1.29, 1.82) is 0 Å². The Kier molecular flexibility index (Phi) is 5.22. The first-order valence-corrected chi connectivity index (χ1v) is 7.60. The highest BCUT2D eigenvalue weighted by Gasteiger charge is 2.23. The number of aryl methyl sites for hydroxylation is 1. The van der Waals surface area contributed by atoms with Crippen LogP contribution in [0.5, 0.6) is 0 Å². The molecule has 0 bridgehead atoms. The van der Waals surface area contributed by atoms with Gasteiger partial charge in [0.25, 0.3) is 0 Å². The Hall–Kier alpha value is -0.870. The molecule has 20 heavy (non-hydrogen) atoms. The smallest absolute Gasteiger partial charge is 0.0871 e. The molecule has 0 heterocycles. The highest BCUT2D eigenvalue weighted by Crippen LogP contribution is 2.35. The summed E-state index contributed by atoms with van der Waals surface area (Å²) in [4.78, 5) is 0. The first kappa shape index (κ1) is 15.5. The molecule has 106 valence electrons. The number of halogens is 2. The Morgan fingerprint density at radius 1 is 1.25 bits per heavy atom. The molecule has 0 aliphatic carbocycles. The van der Waals surface area contributed by atoms with Crippen molar-refractivity contribution in [3.05, 3.63) is 68.7 Å². The molecule has 4 heteroatoms. The molecular weight excluding hydrogens is 338 g/mol. The van der Waals surface area contributed by atoms with E-state index < -0.39 is 6.10 Å². The quantitative estimate of drug-likeness (QED) is 0.865. The van der Waals surface area contributed by atoms with Crippen molar-refractivity contribution in [2.45, 2.75) is 18.9 Å². The van der Waals surface area contributed by atoms with Gasteiger partial charge in [-0.15, -0.1) is 0 Å². The number of nitrogens with two attached hydrogens (primary N) is 1. The van der Waals surface area contributed by atoms with Crippen LogP contribution in [0.1, 0.15) is 28.7 Å². The second-order valence-corrected chi connectivity index (χ2v) is 6.08. The van der Waals surface area contributed by atoms with E-state index in [-0.39, 0.29) is 5.92 Å². The van der Waals surface area contributed by atoms with Crippen molar-refractivity contribution in [1.82, 2.24) is 0 Å². The molecule has 0 aliphatic rings. The molecule has 2 aromatic rings. The third-order valence-electron chi connectivity index (χ3n) is 3.46. The van der Waals surface area contributed by atoms with Crippen molar-refractivity contribution in [3.8, 4) is 0 Å². The van der Waals surface area contributed by atoms with Crippen molar-refractivity contribution < 1.29 is 5.11 Å². The third-order valence-corrected chi connectivity index (χ3v) is 4.70. The van der Waals surface area contributed by atoms with E-state index in [9.17, 15) is 5.11 Å². The van der Waals surface area contributed by atoms with Gasteiger partial charge in [0.1, 0.15) is 0 Å². The summed E-state index contributed by atoms with van der Waals surface area (Å²) in [6.45, 7) is 2.33. The second-order valence-electron chi connectivity index (χ2n) is 4.82. The predicted molar refractivity (Wildman–Crippen MR) is 87.1 cm³/mol. The number of aliphatic hydroxyl groups excluding tert-OH is 1. The highest BCUT2D eigenvalue weighted by molar-refractivity contribution is 9.10. The van der Waals surface area contributed by atoms with E-state index in [4.69, 9.17) is 17.3 Å². The lowest BCUT2D eigenvalue weighted by molar-refractivity contribution is 0.147. The van der Waals surface area contributed by atoms with E-state index in [1.807, 2.05) is 49.4 Å². The minimum atomic E-state index is -0.674. The van der Waals surface area contributed by atoms with Gasteiger partial charge in [0.15, 0.2) is 0 Å². The lowest BCUT2D eigenvalue weighted by Gasteiger charge is -2.23. The highest BCUT2D eigenvalue weighted by atomic mass is 79.9. The summed E-state index contributed by atoms with van der Waals surface area (Å²) in [7, 11) is 0. The average molecular weight is 355 g/mol. The first-order valence-electron chi connectivity index (χ1n) is 6.43. The summed E-state index contributed by atoms with van der Waals surface area (Å²) < 4.78 is 1.02. The summed E-state index contributed by atoms with van der Waals surface area (Å²) >= 11 is 9.67. The van der Waals surface area contributed by atoms with E-state index in [0.717, 1.165) is 21.2 Å². The molecule has 0 aromatic heterocycles. The molecule has 2 atom stereocenters. The molecule has 0 saturated heterocycles. The summed E-state index contributed by atoms with van der Waals surface area (Å²) in [6, 6.07) is 13.3. The maximum atomic E-state index is 10.6. The van der Waals surface area contributed by atoms with E-state index in [1.165, 1.54) is 0 Å². The van der Waals surface area contributed by atoms with Crippen molar-refractivity contribution >= 4 is 27.5 Å². The standard InChI is InChI=1S/C16H17BrClNO/c1-10-8-11(6-7-14(10)17)16(20)13(9-19)12-4-2-3-5-15(12)18/h2-8,13,16,20H,9,19H2,1H3. The molecule has 0 aliphatic heterocycles. The van der Waals surface area contributed by atoms with Gasteiger partial charge < -0.3 is 10.8 Å². The van der Waals surface area contributed by atoms with Gasteiger partial charge in [0.2, 0.25) is 0 Å². The lowest BCUT2D eigenvalue weighted by atomic mass is 9.88. The van der Waals surface area contributed by atoms with Gasteiger partial charge in [-0.05, 0) is 35.7 Å². The molecule has 0 amide bonds. The van der Waals surface area contributed by atoms with Gasteiger partial charge in [-0.2, -0.15) is 0 Å². The summed E-state index contributed by atoms with van der Waals surface area (Å²) in [6.07, 6.45) is -0.674. The predicted octanol–water partition coefficient (Wildman–Crippen LogP) is 4.19. The number of benzene rings is 2. The van der Waals surface area contributed by atoms with Crippen LogP contribution in [0.4, 0.5) is 0 Å². The molecule has 0 radical (unpaired) electrons. The van der Waals surface area contributed by atoms with Crippen LogP contribution in [0.15, 0.2) is 46.9 Å². The molecule has 0 fully saturated rings. The van der Waals surface area contributed by atoms with Crippen LogP contribution in [0, 0.1) is 6.92 Å². The van der Waals surface area contributed by atoms with Gasteiger partial charge >= 0.3 is 0 Å². The minimum Gasteiger partial charge on any atom is -0.388 e. The topological polar surface area (TPSA) is 46.2 Å². The van der Waals surface area contributed by atoms with E-state index in [0.29, 0.717) is 11.6 Å². The lowest BCUT2D eigenvalue weighted by Crippen LogP contribution is -2.20. The zero-order valence-electron chi connectivity index (χ0n) is 11.2. The third kappa shape index (κ3) is 3.23. The van der Waals surface area contributed by atoms with Gasteiger partial charge in [-0.1, -0.05) is 57.9 Å². The van der Waals surface area contributed by atoms with Crippen LogP contribution < -0.4 is 5.73 Å². The van der Waals surface area contributed by atoms with Crippen LogP contribution in [-0.2, 0) is 0 Å². The Labute approximate surface area is 132 Å². The molecule has 2 aromatic carbocycles. The number of hydrogen-bond acceptors (Lipinski definition) is 2. The Morgan fingerprint density at radius 3 is 2.55 bits per heavy atom. The number of aliphatic hydroxyl groups is 1. The molecule has 0 spiro atoms. The summed E-state index contributed by atoms with van der Waals surface area (Å²) in [5.41, 5.74) is 8.66. The molecule has 0 saturated carbocycles. The zero-order valence-corrected chi connectivity index (χ0v) is 13.5. The van der Waals surface area contributed by atoms with Gasteiger partial charge in [-0.3, -0.25) is 0 Å². The summed E-state index contributed by atoms with van der Waals surface area (Å²) in [5, 5.41) is 11.3. The monoisotopic (exact) mass is 353 g/mol. The average Bonchev–Trinajstić information content (AvgIpc) is 2.44. The zero-order chi connectivity index (χ0) is 14.7. The minimum absolute atomic E-state index is 0.218. The van der Waals surface area contributed by atoms with Crippen LogP contribution >= 0.6 is 27.5 Å². The first-order chi connectivity index (χ1) is 9.54. The molecule has 2 nitrogen and oxygen atoms in total. The maximum absolute atomic E-state index is 10.6. The molecule has 3 N–H and O–H groups in total. The van der Waals surface area contributed by atoms with Crippen LogP contribution in [-0.4, -0.2) is 11.7 Å². The Morgan fingerprint density at radius 2 is 1.95 bits per heavy atom. The van der Waals surface area contributed by atoms with Crippen LogP contribution in [0.3, 0.4) is 0 Å². The number of rotatable bonds is 4. The van der Waals surface area contributed by atoms with Gasteiger partial charge in [0.05, 0.1) is 6.10 Å². The van der Waals surface area contributed by atoms with Crippen LogP contribution in [0.25, 0.3) is 0 Å². The van der Waals surface area contributed by atoms with Gasteiger partial charge in [0, 0.05) is 22.0 Å². The summed E-state index contributed by atoms with van der Waals surface area (Å²) in [5.74, 6) is -0.218. The number of hydrogen-bond donors (Lipinski definition) is 2. The fourth-order valence-corrected chi connectivity index (χ4v) is 2.81. The largest absolute Gasteiger partial charge is 0.388 e. The maximum Gasteiger partial charge on any atom is 0.0871 e. The second kappa shape index (κ2) is 6.72. The van der Waals surface area contributed by atoms with Crippen molar-refractivity contribution in [2.24, 2.45) is 5.73 Å². The van der Waals surface area contributed by atoms with Crippen molar-refractivity contribution in [3.63, 3.8) is 0 Å². The van der Waals surface area contributed by atoms with E-state index in [1.54, 1.807) is 0 Å². The van der Waals surface area contributed by atoms with Crippen LogP contribution in [0.2, 0.25) is 5.02 Å². The van der Waals surface area contributed by atoms with E-state index >= 15 is 0 Å². The molecule has 2 unspecified atom stereocenters. The Bertz CT molecular complexity index is 603. The fourth-order valence-electron chi connectivity index (χ4n) is 2.29. The SMILES string of the molecule is Cc1cc(C(O)C(CN)c2ccccc2Cl)ccc1Br. The van der Waals surface area contributed by atoms with Crippen molar-refractivity contribution in [2.75, 3.05) is 6.54 Å². The molecule has 2 rings (SSSR count). The Balaban J connectivity index is 2.36. The van der Waals surface area contributed by atoms with Gasteiger partial charge in [-0.25, -0.2) is 0 Å². The fraction of sp³-hybridized carbons (Fsp3) is 0.250. The molecular formula is C16H17BrClNO. The normalized spacial score (nSPS) is 14.1.